The van der Waals surface area contributed by atoms with E-state index in [0.717, 1.165) is 43.8 Å². The number of anilines is 4. The molecule has 1 aliphatic heterocycles. The van der Waals surface area contributed by atoms with E-state index < -0.39 is 17.6 Å². The third-order valence-electron chi connectivity index (χ3n) is 7.18. The fourth-order valence-electron chi connectivity index (χ4n) is 4.80. The number of hydrogen-bond donors (Lipinski definition) is 2. The molecule has 0 spiro atoms. The number of carbonyl (C=O) groups is 2. The minimum absolute atomic E-state index is 0.158. The van der Waals surface area contributed by atoms with Crippen LogP contribution in [0.4, 0.5) is 41.1 Å². The van der Waals surface area contributed by atoms with Crippen LogP contribution in [-0.2, 0) is 12.7 Å². The van der Waals surface area contributed by atoms with Gasteiger partial charge < -0.3 is 20.3 Å². The fourth-order valence-corrected chi connectivity index (χ4v) is 4.80. The van der Waals surface area contributed by atoms with Crippen molar-refractivity contribution >= 4 is 35.1 Å². The monoisotopic (exact) mass is 599 g/mol. The highest BCUT2D eigenvalue weighted by molar-refractivity contribution is 6.07. The van der Waals surface area contributed by atoms with Gasteiger partial charge in [0.15, 0.2) is 0 Å². The number of fused-ring (bicyclic) bond motifs is 1. The van der Waals surface area contributed by atoms with Crippen molar-refractivity contribution in [1.82, 2.24) is 14.9 Å². The average molecular weight is 600 g/mol. The number of benzene rings is 2. The van der Waals surface area contributed by atoms with Crippen LogP contribution in [0.3, 0.4) is 0 Å². The number of rotatable bonds is 12. The fraction of sp³-hybridized carbons (Fsp3) is 0.400. The first-order chi connectivity index (χ1) is 20.6. The van der Waals surface area contributed by atoms with Crippen LogP contribution in [0.1, 0.15) is 48.7 Å². The van der Waals surface area contributed by atoms with Crippen molar-refractivity contribution in [2.45, 2.75) is 39.9 Å². The van der Waals surface area contributed by atoms with Gasteiger partial charge in [0.25, 0.3) is 5.91 Å². The van der Waals surface area contributed by atoms with Crippen molar-refractivity contribution in [3.8, 4) is 5.75 Å². The molecule has 0 saturated heterocycles. The average Bonchev–Trinajstić information content (AvgIpc) is 3.00. The Morgan fingerprint density at radius 2 is 1.88 bits per heavy atom. The first-order valence-electron chi connectivity index (χ1n) is 14.2. The van der Waals surface area contributed by atoms with Crippen molar-refractivity contribution < 1.29 is 27.5 Å². The lowest BCUT2D eigenvalue weighted by atomic mass is 10.1. The molecule has 43 heavy (non-hydrogen) atoms. The normalized spacial score (nSPS) is 13.3. The zero-order valence-electron chi connectivity index (χ0n) is 24.7. The van der Waals surface area contributed by atoms with Gasteiger partial charge >= 0.3 is 12.2 Å². The number of nitrogens with zero attached hydrogens (tertiary/aromatic N) is 5. The predicted molar refractivity (Wildman–Crippen MR) is 160 cm³/mol. The molecule has 0 radical (unpaired) electrons. The number of amides is 3. The molecule has 3 amide bonds. The van der Waals surface area contributed by atoms with Crippen molar-refractivity contribution in [3.63, 3.8) is 0 Å². The molecule has 0 fully saturated rings. The maximum atomic E-state index is 13.6. The molecule has 3 aromatic rings. The number of urea groups is 1. The largest absolute Gasteiger partial charge is 0.497 e. The second-order valence-electron chi connectivity index (χ2n) is 9.92. The van der Waals surface area contributed by atoms with Gasteiger partial charge in [0.1, 0.15) is 11.6 Å². The van der Waals surface area contributed by atoms with Crippen LogP contribution < -0.4 is 25.2 Å². The molecule has 0 aliphatic carbocycles. The molecular formula is C30H36F3N7O3. The zero-order chi connectivity index (χ0) is 31.1. The number of alkyl halides is 3. The van der Waals surface area contributed by atoms with E-state index in [2.05, 4.69) is 39.3 Å². The summed E-state index contributed by atoms with van der Waals surface area (Å²) in [6.45, 7) is 10.3. The SMILES string of the molecule is CCN(CC)CCCNc1ncc2c(n1)N(CC)C(=O)N(c1cc(NC(=O)c3cccc(C(F)(F)F)c3)cc(OC)c1)C2. The van der Waals surface area contributed by atoms with Gasteiger partial charge in [-0.3, -0.25) is 14.6 Å². The molecule has 0 bridgehead atoms. The van der Waals surface area contributed by atoms with Gasteiger partial charge in [0.2, 0.25) is 5.95 Å². The molecule has 1 aromatic heterocycles. The third kappa shape index (κ3) is 7.53. The number of methoxy groups -OCH3 is 1. The van der Waals surface area contributed by atoms with Crippen molar-refractivity contribution in [2.24, 2.45) is 0 Å². The summed E-state index contributed by atoms with van der Waals surface area (Å²) >= 11 is 0. The molecule has 0 saturated carbocycles. The molecule has 4 rings (SSSR count). The van der Waals surface area contributed by atoms with Gasteiger partial charge in [0.05, 0.1) is 24.9 Å². The van der Waals surface area contributed by atoms with E-state index in [0.29, 0.717) is 36.3 Å². The van der Waals surface area contributed by atoms with Crippen molar-refractivity contribution in [1.29, 1.82) is 0 Å². The van der Waals surface area contributed by atoms with Crippen LogP contribution in [0.2, 0.25) is 0 Å². The molecule has 13 heteroatoms. The first-order valence-corrected chi connectivity index (χ1v) is 14.2. The minimum Gasteiger partial charge on any atom is -0.497 e. The Morgan fingerprint density at radius 3 is 2.56 bits per heavy atom. The quantitative estimate of drug-likeness (QED) is 0.251. The highest BCUT2D eigenvalue weighted by Crippen LogP contribution is 2.35. The maximum Gasteiger partial charge on any atom is 0.416 e. The lowest BCUT2D eigenvalue weighted by molar-refractivity contribution is -0.137. The summed E-state index contributed by atoms with van der Waals surface area (Å²) in [5, 5.41) is 5.87. The Balaban J connectivity index is 1.54. The van der Waals surface area contributed by atoms with Gasteiger partial charge in [-0.25, -0.2) is 9.78 Å². The standard InChI is InChI=1S/C30H36F3N7O3/c1-5-38(6-2)13-9-12-34-28-35-18-21-19-40(29(42)39(7-3)26(21)37-28)24-15-23(16-25(17-24)43-4)36-27(41)20-10-8-11-22(14-20)30(31,32)33/h8,10-11,14-18H,5-7,9,12-13,19H2,1-4H3,(H,36,41)(H,34,35,37). The second-order valence-corrected chi connectivity index (χ2v) is 9.92. The summed E-state index contributed by atoms with van der Waals surface area (Å²) in [5.41, 5.74) is 0.315. The number of nitrogens with one attached hydrogen (secondary N) is 2. The number of aromatic nitrogens is 2. The molecule has 230 valence electrons. The summed E-state index contributed by atoms with van der Waals surface area (Å²) < 4.78 is 44.9. The smallest absolute Gasteiger partial charge is 0.416 e. The Labute approximate surface area is 248 Å². The first kappa shape index (κ1) is 31.5. The van der Waals surface area contributed by atoms with E-state index in [4.69, 9.17) is 4.74 Å². The van der Waals surface area contributed by atoms with Gasteiger partial charge in [-0.2, -0.15) is 18.2 Å². The van der Waals surface area contributed by atoms with Gasteiger partial charge in [0, 0.05) is 48.2 Å². The van der Waals surface area contributed by atoms with E-state index in [1.807, 2.05) is 6.92 Å². The van der Waals surface area contributed by atoms with E-state index in [-0.39, 0.29) is 23.8 Å². The van der Waals surface area contributed by atoms with Gasteiger partial charge in [-0.15, -0.1) is 0 Å². The number of hydrogen-bond acceptors (Lipinski definition) is 7. The third-order valence-corrected chi connectivity index (χ3v) is 7.18. The molecule has 10 nitrogen and oxygen atoms in total. The Morgan fingerprint density at radius 1 is 1.12 bits per heavy atom. The van der Waals surface area contributed by atoms with E-state index >= 15 is 0 Å². The predicted octanol–water partition coefficient (Wildman–Crippen LogP) is 5.87. The second kappa shape index (κ2) is 13.7. The summed E-state index contributed by atoms with van der Waals surface area (Å²) in [6.07, 6.45) is -1.97. The molecule has 2 N–H and O–H groups in total. The highest BCUT2D eigenvalue weighted by Gasteiger charge is 2.33. The zero-order valence-corrected chi connectivity index (χ0v) is 24.7. The molecule has 0 atom stereocenters. The lowest BCUT2D eigenvalue weighted by Crippen LogP contribution is -2.48. The number of carbonyl (C=O) groups excluding carboxylic acids is 2. The van der Waals surface area contributed by atoms with E-state index in [1.165, 1.54) is 30.2 Å². The highest BCUT2D eigenvalue weighted by atomic mass is 19.4. The molecule has 0 unspecified atom stereocenters. The van der Waals surface area contributed by atoms with Crippen LogP contribution in [0.25, 0.3) is 0 Å². The summed E-state index contributed by atoms with van der Waals surface area (Å²) in [6, 6.07) is 8.56. The van der Waals surface area contributed by atoms with Crippen LogP contribution in [0, 0.1) is 0 Å². The van der Waals surface area contributed by atoms with E-state index in [1.54, 1.807) is 23.2 Å². The van der Waals surface area contributed by atoms with Crippen LogP contribution in [0.5, 0.6) is 5.75 Å². The number of ether oxygens (including phenoxy) is 1. The Bertz CT molecular complexity index is 1450. The van der Waals surface area contributed by atoms with Gasteiger partial charge in [-0.1, -0.05) is 19.9 Å². The van der Waals surface area contributed by atoms with Crippen molar-refractivity contribution in [3.05, 3.63) is 65.4 Å². The summed E-state index contributed by atoms with van der Waals surface area (Å²) in [4.78, 5) is 41.0. The Hall–Kier alpha value is -4.39. The van der Waals surface area contributed by atoms with Crippen LogP contribution >= 0.6 is 0 Å². The summed E-state index contributed by atoms with van der Waals surface area (Å²) in [7, 11) is 1.44. The summed E-state index contributed by atoms with van der Waals surface area (Å²) in [5.74, 6) is 0.574. The van der Waals surface area contributed by atoms with Crippen LogP contribution in [0.15, 0.2) is 48.7 Å². The topological polar surface area (TPSA) is 103 Å². The Kier molecular flexibility index (Phi) is 10.1. The van der Waals surface area contributed by atoms with Crippen molar-refractivity contribution in [2.75, 3.05) is 60.3 Å². The van der Waals surface area contributed by atoms with E-state index in [9.17, 15) is 22.8 Å². The minimum atomic E-state index is -4.58. The maximum absolute atomic E-state index is 13.6. The molecule has 2 heterocycles. The molecule has 2 aromatic carbocycles. The van der Waals surface area contributed by atoms with Crippen LogP contribution in [-0.4, -0.2) is 66.6 Å². The lowest BCUT2D eigenvalue weighted by Gasteiger charge is -2.35. The number of halogens is 3. The van der Waals surface area contributed by atoms with Gasteiger partial charge in [-0.05, 0) is 57.2 Å². The molecular weight excluding hydrogens is 563 g/mol. The molecule has 1 aliphatic rings.